The molecule has 1 unspecified atom stereocenters. The van der Waals surface area contributed by atoms with Gasteiger partial charge in [-0.15, -0.1) is 0 Å². The summed E-state index contributed by atoms with van der Waals surface area (Å²) in [4.78, 5) is 4.67. The number of fused-ring (bicyclic) bond motifs is 6. The summed E-state index contributed by atoms with van der Waals surface area (Å²) < 4.78 is 13.1. The average molecular weight is 901 g/mol. The number of anilines is 5. The van der Waals surface area contributed by atoms with E-state index >= 15 is 0 Å². The molecule has 12 rings (SSSR count). The fourth-order valence-corrected chi connectivity index (χ4v) is 10.1. The van der Waals surface area contributed by atoms with Crippen molar-refractivity contribution >= 4 is 83.5 Å². The lowest BCUT2D eigenvalue weighted by Gasteiger charge is -2.32. The van der Waals surface area contributed by atoms with Crippen LogP contribution in [0.3, 0.4) is 0 Å². The molecular formula is C66H48N2O2. The van der Waals surface area contributed by atoms with Crippen LogP contribution < -0.4 is 9.80 Å². The maximum absolute atomic E-state index is 6.56. The molecule has 9 aromatic carbocycles. The Morgan fingerprint density at radius 1 is 0.500 bits per heavy atom. The molecule has 1 aliphatic carbocycles. The lowest BCUT2D eigenvalue weighted by molar-refractivity contribution is 0.664. The quantitative estimate of drug-likeness (QED) is 0.114. The Hall–Kier alpha value is -9.12. The monoisotopic (exact) mass is 900 g/mol. The fourth-order valence-electron chi connectivity index (χ4n) is 10.1. The Morgan fingerprint density at radius 2 is 1.09 bits per heavy atom. The molecule has 0 N–H and O–H groups in total. The standard InChI is InChI=1S/C66H48N2O2/c1-3-46(43-45(2)47-35-39-53(40-36-47)67(51-21-6-4-7-22-51)61-31-17-29-59-57-27-12-14-33-63(57)69-65(59)61)55-25-10-11-26-56(55)50-20-16-19-49(44-50)48-37-41-54(42-38-48)68(52-23-8-5-9-24-52)62-32-18-30-60-58-28-13-15-34-64(58)70-66(60)62/h3-23,25-44,52H,1-2,24H2/b46-43+. The van der Waals surface area contributed by atoms with Crippen molar-refractivity contribution in [2.45, 2.75) is 12.5 Å². The summed E-state index contributed by atoms with van der Waals surface area (Å²) in [6.07, 6.45) is 13.8. The van der Waals surface area contributed by atoms with Gasteiger partial charge in [-0.3, -0.25) is 0 Å². The zero-order valence-electron chi connectivity index (χ0n) is 38.6. The number of furan rings is 2. The van der Waals surface area contributed by atoms with Crippen molar-refractivity contribution in [1.29, 1.82) is 0 Å². The predicted octanol–water partition coefficient (Wildman–Crippen LogP) is 18.6. The molecule has 0 fully saturated rings. The Balaban J connectivity index is 0.836. The second kappa shape index (κ2) is 18.2. The van der Waals surface area contributed by atoms with Gasteiger partial charge in [0, 0.05) is 38.6 Å². The smallest absolute Gasteiger partial charge is 0.159 e. The predicted molar refractivity (Wildman–Crippen MR) is 295 cm³/mol. The first-order valence-electron chi connectivity index (χ1n) is 23.8. The second-order valence-electron chi connectivity index (χ2n) is 17.7. The van der Waals surface area contributed by atoms with Crippen molar-refractivity contribution in [2.24, 2.45) is 0 Å². The molecule has 2 heterocycles. The van der Waals surface area contributed by atoms with Crippen LogP contribution in [0.4, 0.5) is 28.4 Å². The molecule has 0 bridgehead atoms. The van der Waals surface area contributed by atoms with Gasteiger partial charge in [-0.2, -0.15) is 0 Å². The van der Waals surface area contributed by atoms with Crippen LogP contribution in [0.25, 0.3) is 77.3 Å². The summed E-state index contributed by atoms with van der Waals surface area (Å²) in [5, 5.41) is 4.44. The van der Waals surface area contributed by atoms with E-state index in [1.807, 2.05) is 36.4 Å². The average Bonchev–Trinajstić information content (AvgIpc) is 4.01. The minimum atomic E-state index is 0.136. The number of rotatable bonds is 12. The van der Waals surface area contributed by atoms with Crippen molar-refractivity contribution in [3.8, 4) is 22.3 Å². The number of benzene rings is 9. The van der Waals surface area contributed by atoms with Crippen molar-refractivity contribution in [1.82, 2.24) is 0 Å². The van der Waals surface area contributed by atoms with Gasteiger partial charge in [0.15, 0.2) is 11.2 Å². The van der Waals surface area contributed by atoms with Gasteiger partial charge in [-0.05, 0) is 124 Å². The van der Waals surface area contributed by atoms with Crippen LogP contribution in [0.1, 0.15) is 17.5 Å². The highest BCUT2D eigenvalue weighted by atomic mass is 16.3. The normalized spacial score (nSPS) is 13.6. The minimum absolute atomic E-state index is 0.136. The second-order valence-corrected chi connectivity index (χ2v) is 17.7. The molecule has 4 nitrogen and oxygen atoms in total. The molecule has 0 amide bonds. The third kappa shape index (κ3) is 7.72. The molecule has 1 atom stereocenters. The third-order valence-corrected chi connectivity index (χ3v) is 13.5. The Labute approximate surface area is 408 Å². The van der Waals surface area contributed by atoms with Gasteiger partial charge in [-0.25, -0.2) is 0 Å². The lowest BCUT2D eigenvalue weighted by Crippen LogP contribution is -2.29. The van der Waals surface area contributed by atoms with E-state index in [-0.39, 0.29) is 6.04 Å². The summed E-state index contributed by atoms with van der Waals surface area (Å²) in [6, 6.07) is 74.8. The number of hydrogen-bond acceptors (Lipinski definition) is 4. The van der Waals surface area contributed by atoms with Gasteiger partial charge in [0.25, 0.3) is 0 Å². The van der Waals surface area contributed by atoms with Gasteiger partial charge < -0.3 is 18.6 Å². The molecule has 11 aromatic rings. The number of allylic oxidation sites excluding steroid dienone is 6. The van der Waals surface area contributed by atoms with Gasteiger partial charge in [0.1, 0.15) is 11.2 Å². The summed E-state index contributed by atoms with van der Waals surface area (Å²) >= 11 is 0. The molecule has 70 heavy (non-hydrogen) atoms. The molecule has 2 aromatic heterocycles. The highest BCUT2D eigenvalue weighted by Crippen LogP contribution is 2.44. The Bertz CT molecular complexity index is 3850. The van der Waals surface area contributed by atoms with E-state index in [4.69, 9.17) is 8.83 Å². The van der Waals surface area contributed by atoms with Crippen LogP contribution in [-0.4, -0.2) is 6.04 Å². The van der Waals surface area contributed by atoms with E-state index in [2.05, 4.69) is 235 Å². The van der Waals surface area contributed by atoms with Crippen LogP contribution in [0, 0.1) is 0 Å². The van der Waals surface area contributed by atoms with Crippen LogP contribution >= 0.6 is 0 Å². The Morgan fingerprint density at radius 3 is 1.79 bits per heavy atom. The van der Waals surface area contributed by atoms with Gasteiger partial charge >= 0.3 is 0 Å². The highest BCUT2D eigenvalue weighted by molar-refractivity contribution is 6.11. The van der Waals surface area contributed by atoms with Crippen LogP contribution in [0.15, 0.2) is 271 Å². The number of hydrogen-bond donors (Lipinski definition) is 0. The van der Waals surface area contributed by atoms with E-state index < -0.39 is 0 Å². The van der Waals surface area contributed by atoms with Gasteiger partial charge in [0.2, 0.25) is 0 Å². The first-order chi connectivity index (χ1) is 34.6. The molecule has 0 saturated carbocycles. The summed E-state index contributed by atoms with van der Waals surface area (Å²) in [7, 11) is 0. The van der Waals surface area contributed by atoms with Crippen LogP contribution in [-0.2, 0) is 0 Å². The summed E-state index contributed by atoms with van der Waals surface area (Å²) in [6.45, 7) is 8.87. The van der Waals surface area contributed by atoms with E-state index in [0.29, 0.717) is 0 Å². The van der Waals surface area contributed by atoms with Crippen LogP contribution in [0.2, 0.25) is 0 Å². The fraction of sp³-hybridized carbons (Fsp3) is 0.0303. The van der Waals surface area contributed by atoms with E-state index in [0.717, 1.165) is 123 Å². The largest absolute Gasteiger partial charge is 0.454 e. The molecule has 0 spiro atoms. The zero-order valence-corrected chi connectivity index (χ0v) is 38.6. The SMILES string of the molecule is C=C/C(=C\C(=C)c1ccc(N(c2ccccc2)c2cccc3c2oc2ccccc23)cc1)c1ccccc1-c1cccc(-c2ccc(N(c3cccc4c3oc3ccccc34)C3C=CC=CC3)cc2)c1. The zero-order chi connectivity index (χ0) is 47.0. The van der Waals surface area contributed by atoms with E-state index in [1.165, 1.54) is 0 Å². The number of nitrogens with zero attached hydrogens (tertiary/aromatic N) is 2. The summed E-state index contributed by atoms with van der Waals surface area (Å²) in [5.74, 6) is 0. The molecule has 0 saturated heterocycles. The number of para-hydroxylation sites is 5. The molecule has 0 radical (unpaired) electrons. The molecule has 0 aliphatic heterocycles. The molecule has 334 valence electrons. The molecule has 4 heteroatoms. The van der Waals surface area contributed by atoms with E-state index in [9.17, 15) is 0 Å². The molecular weight excluding hydrogens is 853 g/mol. The van der Waals surface area contributed by atoms with Crippen molar-refractivity contribution in [3.05, 3.63) is 273 Å². The first kappa shape index (κ1) is 42.2. The lowest BCUT2D eigenvalue weighted by atomic mass is 9.91. The topological polar surface area (TPSA) is 32.8 Å². The van der Waals surface area contributed by atoms with Crippen molar-refractivity contribution in [2.75, 3.05) is 9.80 Å². The molecule has 1 aliphatic rings. The minimum Gasteiger partial charge on any atom is -0.454 e. The summed E-state index contributed by atoms with van der Waals surface area (Å²) in [5.41, 5.74) is 17.2. The highest BCUT2D eigenvalue weighted by Gasteiger charge is 2.24. The van der Waals surface area contributed by atoms with Gasteiger partial charge in [0.05, 0.1) is 17.4 Å². The van der Waals surface area contributed by atoms with Crippen LogP contribution in [0.5, 0.6) is 0 Å². The first-order valence-corrected chi connectivity index (χ1v) is 23.8. The Kier molecular flexibility index (Phi) is 11.0. The van der Waals surface area contributed by atoms with Gasteiger partial charge in [-0.1, -0.05) is 189 Å². The maximum Gasteiger partial charge on any atom is 0.159 e. The van der Waals surface area contributed by atoms with E-state index in [1.54, 1.807) is 0 Å². The maximum atomic E-state index is 6.56. The van der Waals surface area contributed by atoms with Crippen molar-refractivity contribution in [3.63, 3.8) is 0 Å². The van der Waals surface area contributed by atoms with Crippen molar-refractivity contribution < 1.29 is 8.83 Å². The third-order valence-electron chi connectivity index (χ3n) is 13.5.